The van der Waals surface area contributed by atoms with E-state index in [4.69, 9.17) is 0 Å². The molecular formula is C18H24N4O3. The molecule has 25 heavy (non-hydrogen) atoms. The second-order valence-corrected chi connectivity index (χ2v) is 6.14. The van der Waals surface area contributed by atoms with E-state index in [0.29, 0.717) is 31.2 Å². The molecule has 2 amide bonds. The van der Waals surface area contributed by atoms with E-state index >= 15 is 0 Å². The predicted octanol–water partition coefficient (Wildman–Crippen LogP) is 3.82. The summed E-state index contributed by atoms with van der Waals surface area (Å²) >= 11 is 0. The first-order valence-electron chi connectivity index (χ1n) is 8.33. The molecule has 1 aromatic rings. The zero-order chi connectivity index (χ0) is 18.4. The summed E-state index contributed by atoms with van der Waals surface area (Å²) in [5.41, 5.74) is 1.39. The van der Waals surface area contributed by atoms with E-state index in [-0.39, 0.29) is 11.7 Å². The number of piperazine rings is 1. The van der Waals surface area contributed by atoms with Gasteiger partial charge in [-0.25, -0.2) is 4.79 Å². The molecule has 1 N–H and O–H groups in total. The Labute approximate surface area is 147 Å². The van der Waals surface area contributed by atoms with Crippen molar-refractivity contribution in [1.29, 1.82) is 0 Å². The molecule has 7 heteroatoms. The quantitative estimate of drug-likeness (QED) is 0.650. The number of urea groups is 1. The number of nitrogens with one attached hydrogen (secondary N) is 1. The van der Waals surface area contributed by atoms with Gasteiger partial charge in [-0.05, 0) is 18.1 Å². The fourth-order valence-corrected chi connectivity index (χ4v) is 2.39. The number of rotatable bonds is 5. The molecule has 0 aromatic heterocycles. The van der Waals surface area contributed by atoms with Crippen LogP contribution in [0.3, 0.4) is 0 Å². The van der Waals surface area contributed by atoms with Crippen molar-refractivity contribution in [3.8, 4) is 0 Å². The lowest BCUT2D eigenvalue weighted by atomic mass is 10.1. The van der Waals surface area contributed by atoms with Gasteiger partial charge in [-0.1, -0.05) is 32.9 Å². The Balaban J connectivity index is 1.90. The van der Waals surface area contributed by atoms with Crippen LogP contribution < -0.4 is 5.32 Å². The van der Waals surface area contributed by atoms with Crippen LogP contribution in [-0.4, -0.2) is 40.4 Å². The van der Waals surface area contributed by atoms with Gasteiger partial charge in [-0.2, -0.15) is 0 Å². The van der Waals surface area contributed by atoms with Gasteiger partial charge in [0.05, 0.1) is 11.5 Å². The minimum absolute atomic E-state index is 0.00640. The van der Waals surface area contributed by atoms with Crippen LogP contribution in [0.15, 0.2) is 48.8 Å². The van der Waals surface area contributed by atoms with Gasteiger partial charge < -0.3 is 15.1 Å². The molecule has 1 atom stereocenters. The standard InChI is InChI=1S/C18H24N4O3/c1-4-14(2)9-10-20-11-12-21(13-15(20)3)18(23)19-16-5-7-17(8-6-16)22(24)25/h5-10,14H,3-4,11-13H2,1-2H3,(H,19,23)/b10-9-. The van der Waals surface area contributed by atoms with E-state index in [1.165, 1.54) is 24.3 Å². The first-order chi connectivity index (χ1) is 11.9. The van der Waals surface area contributed by atoms with Crippen molar-refractivity contribution in [2.75, 3.05) is 25.0 Å². The summed E-state index contributed by atoms with van der Waals surface area (Å²) in [5.74, 6) is 0.510. The predicted molar refractivity (Wildman–Crippen MR) is 98.1 cm³/mol. The lowest BCUT2D eigenvalue weighted by Crippen LogP contribution is -2.46. The lowest BCUT2D eigenvalue weighted by Gasteiger charge is -2.35. The first-order valence-corrected chi connectivity index (χ1v) is 8.33. The Bertz CT molecular complexity index is 669. The van der Waals surface area contributed by atoms with Gasteiger partial charge in [0.15, 0.2) is 0 Å². The van der Waals surface area contributed by atoms with Crippen molar-refractivity contribution in [1.82, 2.24) is 9.80 Å². The number of nitro benzene ring substituents is 1. The van der Waals surface area contributed by atoms with Crippen molar-refractivity contribution in [2.24, 2.45) is 5.92 Å². The zero-order valence-electron chi connectivity index (χ0n) is 14.6. The summed E-state index contributed by atoms with van der Waals surface area (Å²) in [5, 5.41) is 13.4. The zero-order valence-corrected chi connectivity index (χ0v) is 14.6. The third kappa shape index (κ3) is 5.07. The van der Waals surface area contributed by atoms with Gasteiger partial charge in [-0.15, -0.1) is 0 Å². The third-order valence-corrected chi connectivity index (χ3v) is 4.25. The van der Waals surface area contributed by atoms with E-state index in [1.807, 2.05) is 6.20 Å². The summed E-state index contributed by atoms with van der Waals surface area (Å²) in [6.45, 7) is 10.1. The highest BCUT2D eigenvalue weighted by atomic mass is 16.6. The Morgan fingerprint density at radius 3 is 2.64 bits per heavy atom. The molecule has 1 heterocycles. The van der Waals surface area contributed by atoms with Crippen molar-refractivity contribution >= 4 is 17.4 Å². The van der Waals surface area contributed by atoms with Crippen LogP contribution in [0.25, 0.3) is 0 Å². The average molecular weight is 344 g/mol. The van der Waals surface area contributed by atoms with E-state index in [2.05, 4.69) is 36.7 Å². The van der Waals surface area contributed by atoms with Crippen molar-refractivity contribution in [3.63, 3.8) is 0 Å². The number of carbonyl (C=O) groups excluding carboxylic acids is 1. The van der Waals surface area contributed by atoms with Crippen LogP contribution in [0.1, 0.15) is 20.3 Å². The van der Waals surface area contributed by atoms with Crippen molar-refractivity contribution in [3.05, 3.63) is 58.9 Å². The molecule has 1 aliphatic rings. The molecule has 7 nitrogen and oxygen atoms in total. The van der Waals surface area contributed by atoms with Gasteiger partial charge in [-0.3, -0.25) is 10.1 Å². The van der Waals surface area contributed by atoms with E-state index in [1.54, 1.807) is 4.90 Å². The smallest absolute Gasteiger partial charge is 0.322 e. The second kappa shape index (κ2) is 8.32. The number of carbonyl (C=O) groups is 1. The topological polar surface area (TPSA) is 78.7 Å². The van der Waals surface area contributed by atoms with E-state index in [0.717, 1.165) is 12.1 Å². The largest absolute Gasteiger partial charge is 0.349 e. The second-order valence-electron chi connectivity index (χ2n) is 6.14. The molecule has 1 saturated heterocycles. The molecule has 0 spiro atoms. The van der Waals surface area contributed by atoms with Crippen molar-refractivity contribution < 1.29 is 9.72 Å². The molecule has 1 aliphatic heterocycles. The maximum Gasteiger partial charge on any atom is 0.322 e. The highest BCUT2D eigenvalue weighted by molar-refractivity contribution is 5.89. The summed E-state index contributed by atoms with van der Waals surface area (Å²) in [6, 6.07) is 5.55. The number of anilines is 1. The number of nitrogens with zero attached hydrogens (tertiary/aromatic N) is 3. The SMILES string of the molecule is C=C1CN(C(=O)Nc2ccc([N+](=O)[O-])cc2)CCN1/C=C\C(C)CC. The monoisotopic (exact) mass is 344 g/mol. The van der Waals surface area contributed by atoms with Crippen LogP contribution in [0.5, 0.6) is 0 Å². The minimum Gasteiger partial charge on any atom is -0.349 e. The summed E-state index contributed by atoms with van der Waals surface area (Å²) in [6.07, 6.45) is 5.28. The van der Waals surface area contributed by atoms with Gasteiger partial charge in [0, 0.05) is 42.8 Å². The van der Waals surface area contributed by atoms with Crippen LogP contribution in [0.2, 0.25) is 0 Å². The van der Waals surface area contributed by atoms with E-state index in [9.17, 15) is 14.9 Å². The van der Waals surface area contributed by atoms with Crippen LogP contribution >= 0.6 is 0 Å². The first kappa shape index (κ1) is 18.5. The number of amides is 2. The number of non-ortho nitro benzene ring substituents is 1. The molecule has 0 bridgehead atoms. The van der Waals surface area contributed by atoms with Crippen LogP contribution in [0.4, 0.5) is 16.2 Å². The van der Waals surface area contributed by atoms with Gasteiger partial charge in [0.2, 0.25) is 0 Å². The summed E-state index contributed by atoms with van der Waals surface area (Å²) < 4.78 is 0. The van der Waals surface area contributed by atoms with Crippen LogP contribution in [0, 0.1) is 16.0 Å². The Morgan fingerprint density at radius 1 is 1.40 bits per heavy atom. The molecule has 0 radical (unpaired) electrons. The van der Waals surface area contributed by atoms with Crippen LogP contribution in [-0.2, 0) is 0 Å². The molecular weight excluding hydrogens is 320 g/mol. The van der Waals surface area contributed by atoms with Gasteiger partial charge >= 0.3 is 6.03 Å². The van der Waals surface area contributed by atoms with Crippen molar-refractivity contribution in [2.45, 2.75) is 20.3 Å². The molecule has 134 valence electrons. The Kier molecular flexibility index (Phi) is 6.16. The number of nitro groups is 1. The number of hydrogen-bond acceptors (Lipinski definition) is 4. The number of benzene rings is 1. The molecule has 1 aromatic carbocycles. The lowest BCUT2D eigenvalue weighted by molar-refractivity contribution is -0.384. The molecule has 1 unspecified atom stereocenters. The molecule has 1 fully saturated rings. The molecule has 0 aliphatic carbocycles. The fraction of sp³-hybridized carbons (Fsp3) is 0.389. The minimum atomic E-state index is -0.471. The third-order valence-electron chi connectivity index (χ3n) is 4.25. The molecule has 0 saturated carbocycles. The normalized spacial score (nSPS) is 16.2. The number of hydrogen-bond donors (Lipinski definition) is 1. The fourth-order valence-electron chi connectivity index (χ4n) is 2.39. The maximum absolute atomic E-state index is 12.4. The van der Waals surface area contributed by atoms with Gasteiger partial charge in [0.1, 0.15) is 0 Å². The Morgan fingerprint density at radius 2 is 2.08 bits per heavy atom. The maximum atomic E-state index is 12.4. The Hall–Kier alpha value is -2.83. The van der Waals surface area contributed by atoms with E-state index < -0.39 is 4.92 Å². The summed E-state index contributed by atoms with van der Waals surface area (Å²) in [4.78, 5) is 26.3. The average Bonchev–Trinajstić information content (AvgIpc) is 2.60. The number of allylic oxidation sites excluding steroid dienone is 1. The highest BCUT2D eigenvalue weighted by Gasteiger charge is 2.22. The highest BCUT2D eigenvalue weighted by Crippen LogP contribution is 2.18. The van der Waals surface area contributed by atoms with Gasteiger partial charge in [0.25, 0.3) is 5.69 Å². The summed E-state index contributed by atoms with van der Waals surface area (Å²) in [7, 11) is 0. The molecule has 2 rings (SSSR count).